The molecule has 0 unspecified atom stereocenters. The molecule has 1 rings (SSSR count). The second-order valence-corrected chi connectivity index (χ2v) is 8.42. The van der Waals surface area contributed by atoms with E-state index in [2.05, 4.69) is 54.0 Å². The summed E-state index contributed by atoms with van der Waals surface area (Å²) in [4.78, 5) is 0. The van der Waals surface area contributed by atoms with E-state index in [9.17, 15) is 0 Å². The first-order valence-electron chi connectivity index (χ1n) is 8.24. The average molecular weight is 373 g/mol. The van der Waals surface area contributed by atoms with Gasteiger partial charge in [-0.05, 0) is 49.4 Å². The number of aryl methyl sites for hydroxylation is 1. The molecule has 0 spiro atoms. The molecule has 0 aliphatic rings. The highest BCUT2D eigenvalue weighted by atomic mass is 79.9. The van der Waals surface area contributed by atoms with Gasteiger partial charge in [-0.25, -0.2) is 0 Å². The molecule has 0 aromatic heterocycles. The molecule has 0 saturated carbocycles. The van der Waals surface area contributed by atoms with Crippen molar-refractivity contribution in [3.8, 4) is 0 Å². The molecule has 0 bridgehead atoms. The number of hydrogen-bond donors (Lipinski definition) is 0. The molecule has 0 amide bonds. The Kier molecular flexibility index (Phi) is 11.1. The molecule has 1 aromatic rings. The van der Waals surface area contributed by atoms with Crippen LogP contribution in [-0.4, -0.2) is 22.5 Å². The fraction of sp³-hybridized carbons (Fsp3) is 0.647. The van der Waals surface area contributed by atoms with E-state index in [1.165, 1.54) is 18.4 Å². The Morgan fingerprint density at radius 2 is 1.48 bits per heavy atom. The van der Waals surface area contributed by atoms with E-state index in [1.54, 1.807) is 0 Å². The van der Waals surface area contributed by atoms with Crippen LogP contribution in [0.2, 0.25) is 6.04 Å². The topological polar surface area (TPSA) is 18.5 Å². The van der Waals surface area contributed by atoms with Crippen LogP contribution in [0.15, 0.2) is 28.7 Å². The van der Waals surface area contributed by atoms with E-state index < -0.39 is 9.28 Å². The van der Waals surface area contributed by atoms with Crippen LogP contribution < -0.4 is 0 Å². The van der Waals surface area contributed by atoms with E-state index in [4.69, 9.17) is 8.85 Å². The van der Waals surface area contributed by atoms with Gasteiger partial charge in [0, 0.05) is 17.7 Å². The first-order chi connectivity index (χ1) is 10.3. The van der Waals surface area contributed by atoms with Crippen LogP contribution in [0.3, 0.4) is 0 Å². The minimum Gasteiger partial charge on any atom is -0.397 e. The third-order valence-corrected chi connectivity index (χ3v) is 6.05. The summed E-state index contributed by atoms with van der Waals surface area (Å²) in [5, 5.41) is 0. The van der Waals surface area contributed by atoms with Gasteiger partial charge < -0.3 is 8.85 Å². The van der Waals surface area contributed by atoms with Gasteiger partial charge in [-0.1, -0.05) is 54.8 Å². The summed E-state index contributed by atoms with van der Waals surface area (Å²) in [5.74, 6) is 0. The molecule has 0 atom stereocenters. The summed E-state index contributed by atoms with van der Waals surface area (Å²) in [7, 11) is -1.46. The zero-order valence-electron chi connectivity index (χ0n) is 13.4. The zero-order valence-corrected chi connectivity index (χ0v) is 16.2. The van der Waals surface area contributed by atoms with Gasteiger partial charge in [-0.2, -0.15) is 0 Å². The summed E-state index contributed by atoms with van der Waals surface area (Å²) in [6, 6.07) is 9.72. The normalized spacial score (nSPS) is 11.2. The Balaban J connectivity index is 2.27. The lowest BCUT2D eigenvalue weighted by Crippen LogP contribution is -2.24. The summed E-state index contributed by atoms with van der Waals surface area (Å²) >= 11 is 3.47. The van der Waals surface area contributed by atoms with E-state index >= 15 is 0 Å². The largest absolute Gasteiger partial charge is 0.397 e. The van der Waals surface area contributed by atoms with Gasteiger partial charge in [-0.3, -0.25) is 0 Å². The van der Waals surface area contributed by atoms with Crippen LogP contribution in [0.25, 0.3) is 0 Å². The van der Waals surface area contributed by atoms with Gasteiger partial charge in [0.15, 0.2) is 0 Å². The van der Waals surface area contributed by atoms with Crippen LogP contribution in [0.4, 0.5) is 0 Å². The minimum absolute atomic E-state index is 0.873. The smallest absolute Gasteiger partial charge is 0.321 e. The maximum Gasteiger partial charge on any atom is 0.321 e. The predicted molar refractivity (Wildman–Crippen MR) is 96.1 cm³/mol. The van der Waals surface area contributed by atoms with Crippen LogP contribution >= 0.6 is 15.9 Å². The third-order valence-electron chi connectivity index (χ3n) is 3.42. The average Bonchev–Trinajstić information content (AvgIpc) is 2.49. The molecular weight excluding hydrogens is 344 g/mol. The number of rotatable bonds is 12. The molecule has 1 aromatic carbocycles. The van der Waals surface area contributed by atoms with Crippen molar-refractivity contribution in [2.45, 2.75) is 58.4 Å². The van der Waals surface area contributed by atoms with Gasteiger partial charge in [0.05, 0.1) is 0 Å². The van der Waals surface area contributed by atoms with Gasteiger partial charge >= 0.3 is 9.28 Å². The summed E-state index contributed by atoms with van der Waals surface area (Å²) in [6.07, 6.45) is 6.95. The molecule has 2 nitrogen and oxygen atoms in total. The zero-order chi connectivity index (χ0) is 15.3. The second-order valence-electron chi connectivity index (χ2n) is 5.40. The summed E-state index contributed by atoms with van der Waals surface area (Å²) in [6.45, 7) is 6.15. The predicted octanol–water partition coefficient (Wildman–Crippen LogP) is 5.24. The Labute approximate surface area is 140 Å². The maximum atomic E-state index is 6.00. The molecular formula is C17H29BrO2Si. The second kappa shape index (κ2) is 12.4. The van der Waals surface area contributed by atoms with Crippen molar-refractivity contribution in [2.75, 3.05) is 13.2 Å². The minimum atomic E-state index is -1.46. The monoisotopic (exact) mass is 372 g/mol. The number of halogens is 1. The van der Waals surface area contributed by atoms with Crippen LogP contribution in [-0.2, 0) is 15.3 Å². The molecule has 21 heavy (non-hydrogen) atoms. The van der Waals surface area contributed by atoms with E-state index in [-0.39, 0.29) is 0 Å². The van der Waals surface area contributed by atoms with Crippen molar-refractivity contribution in [1.82, 2.24) is 0 Å². The summed E-state index contributed by atoms with van der Waals surface area (Å²) < 4.78 is 13.1. The molecule has 4 heteroatoms. The first kappa shape index (κ1) is 18.9. The molecule has 0 aliphatic carbocycles. The SMILES string of the molecule is CCCCO[SiH](CCCc1ccc(Br)cc1)OCCCC. The maximum absolute atomic E-state index is 6.00. The van der Waals surface area contributed by atoms with Gasteiger partial charge in [0.25, 0.3) is 0 Å². The van der Waals surface area contributed by atoms with Crippen LogP contribution in [0.1, 0.15) is 51.5 Å². The van der Waals surface area contributed by atoms with Gasteiger partial charge in [0.1, 0.15) is 0 Å². The Hall–Kier alpha value is -0.163. The van der Waals surface area contributed by atoms with Crippen molar-refractivity contribution in [2.24, 2.45) is 0 Å². The standard InChI is InChI=1S/C17H29BrO2Si/c1-3-5-13-19-21(20-14-6-4-2)15-7-8-16-9-11-17(18)12-10-16/h9-12,21H,3-8,13-15H2,1-2H3. The third kappa shape index (κ3) is 9.45. The van der Waals surface area contributed by atoms with Crippen molar-refractivity contribution in [1.29, 1.82) is 0 Å². The number of benzene rings is 1. The molecule has 120 valence electrons. The van der Waals surface area contributed by atoms with Gasteiger partial charge in [0.2, 0.25) is 0 Å². The molecule has 0 radical (unpaired) electrons. The van der Waals surface area contributed by atoms with Crippen molar-refractivity contribution in [3.05, 3.63) is 34.3 Å². The van der Waals surface area contributed by atoms with Crippen LogP contribution in [0.5, 0.6) is 0 Å². The van der Waals surface area contributed by atoms with E-state index in [0.29, 0.717) is 0 Å². The highest BCUT2D eigenvalue weighted by Crippen LogP contribution is 2.14. The Bertz CT molecular complexity index is 346. The Morgan fingerprint density at radius 1 is 0.905 bits per heavy atom. The first-order valence-corrected chi connectivity index (χ1v) is 10.8. The van der Waals surface area contributed by atoms with Crippen molar-refractivity contribution < 1.29 is 8.85 Å². The van der Waals surface area contributed by atoms with E-state index in [0.717, 1.165) is 49.4 Å². The quantitative estimate of drug-likeness (QED) is 0.369. The lowest BCUT2D eigenvalue weighted by atomic mass is 10.1. The van der Waals surface area contributed by atoms with Crippen molar-refractivity contribution >= 4 is 25.2 Å². The summed E-state index contributed by atoms with van der Waals surface area (Å²) in [5.41, 5.74) is 1.40. The lowest BCUT2D eigenvalue weighted by molar-refractivity contribution is 0.191. The van der Waals surface area contributed by atoms with E-state index in [1.807, 2.05) is 0 Å². The fourth-order valence-electron chi connectivity index (χ4n) is 2.06. The fourth-order valence-corrected chi connectivity index (χ4v) is 4.15. The van der Waals surface area contributed by atoms with Gasteiger partial charge in [-0.15, -0.1) is 0 Å². The Morgan fingerprint density at radius 3 is 2.00 bits per heavy atom. The molecule has 0 N–H and O–H groups in total. The molecule has 0 heterocycles. The highest BCUT2D eigenvalue weighted by Gasteiger charge is 2.12. The molecule has 0 aliphatic heterocycles. The highest BCUT2D eigenvalue weighted by molar-refractivity contribution is 9.10. The molecule has 0 saturated heterocycles. The number of hydrogen-bond acceptors (Lipinski definition) is 2. The number of unbranched alkanes of at least 4 members (excludes halogenated alkanes) is 2. The lowest BCUT2D eigenvalue weighted by Gasteiger charge is -2.16. The van der Waals surface area contributed by atoms with Crippen LogP contribution in [0, 0.1) is 0 Å². The van der Waals surface area contributed by atoms with Crippen molar-refractivity contribution in [3.63, 3.8) is 0 Å². The molecule has 0 fully saturated rings.